The molecule has 1 aromatic rings. The first kappa shape index (κ1) is 16.5. The molecule has 118 valence electrons. The van der Waals surface area contributed by atoms with E-state index in [0.717, 1.165) is 43.5 Å². The van der Waals surface area contributed by atoms with Crippen LogP contribution in [-0.4, -0.2) is 21.5 Å². The summed E-state index contributed by atoms with van der Waals surface area (Å²) in [7, 11) is -3.24. The van der Waals surface area contributed by atoms with Crippen molar-refractivity contribution in [1.29, 1.82) is 0 Å². The molecule has 0 amide bonds. The van der Waals surface area contributed by atoms with Crippen molar-refractivity contribution in [2.24, 2.45) is 5.41 Å². The summed E-state index contributed by atoms with van der Waals surface area (Å²) >= 11 is 0. The second-order valence-corrected chi connectivity index (χ2v) is 8.19. The molecule has 0 radical (unpaired) electrons. The lowest BCUT2D eigenvalue weighted by molar-refractivity contribution is 0.530. The summed E-state index contributed by atoms with van der Waals surface area (Å²) in [6.07, 6.45) is 3.33. The van der Waals surface area contributed by atoms with Crippen LogP contribution in [-0.2, 0) is 22.3 Å². The van der Waals surface area contributed by atoms with Gasteiger partial charge < -0.3 is 5.32 Å². The molecule has 0 spiro atoms. The third-order valence-corrected chi connectivity index (χ3v) is 5.22. The van der Waals surface area contributed by atoms with E-state index in [1.54, 1.807) is 0 Å². The molecule has 0 bridgehead atoms. The van der Waals surface area contributed by atoms with Crippen LogP contribution >= 0.6 is 0 Å². The van der Waals surface area contributed by atoms with E-state index in [-0.39, 0.29) is 11.2 Å². The molecule has 0 saturated heterocycles. The molecule has 0 unspecified atom stereocenters. The van der Waals surface area contributed by atoms with Crippen molar-refractivity contribution in [3.63, 3.8) is 0 Å². The lowest BCUT2D eigenvalue weighted by Gasteiger charge is -2.11. The fraction of sp³-hybridized carbons (Fsp3) is 0.625. The van der Waals surface area contributed by atoms with Gasteiger partial charge in [0.25, 0.3) is 0 Å². The smallest absolute Gasteiger partial charge is 0.215 e. The average Bonchev–Trinajstić information content (AvgIpc) is 3.16. The number of benzene rings is 1. The van der Waals surface area contributed by atoms with Gasteiger partial charge in [-0.3, -0.25) is 0 Å². The Morgan fingerprint density at radius 3 is 2.62 bits per heavy atom. The van der Waals surface area contributed by atoms with Crippen LogP contribution in [0.4, 0.5) is 0 Å². The Kier molecular flexibility index (Phi) is 5.41. The summed E-state index contributed by atoms with van der Waals surface area (Å²) in [5, 5.41) is 3.33. The zero-order valence-corrected chi connectivity index (χ0v) is 13.8. The van der Waals surface area contributed by atoms with Gasteiger partial charge in [-0.1, -0.05) is 38.1 Å². The second-order valence-electron chi connectivity index (χ2n) is 6.39. The molecule has 0 aromatic heterocycles. The highest BCUT2D eigenvalue weighted by Gasteiger charge is 2.37. The predicted molar refractivity (Wildman–Crippen MR) is 86.4 cm³/mol. The Bertz CT molecular complexity index is 565. The Morgan fingerprint density at radius 1 is 1.24 bits per heavy atom. The van der Waals surface area contributed by atoms with Gasteiger partial charge in [-0.15, -0.1) is 0 Å². The molecule has 0 heterocycles. The normalized spacial score (nSPS) is 16.9. The first-order valence-corrected chi connectivity index (χ1v) is 9.34. The van der Waals surface area contributed by atoms with Crippen molar-refractivity contribution >= 4 is 10.0 Å². The summed E-state index contributed by atoms with van der Waals surface area (Å²) in [5.74, 6) is 0.0602. The van der Waals surface area contributed by atoms with Gasteiger partial charge in [0.05, 0.1) is 5.75 Å². The van der Waals surface area contributed by atoms with E-state index >= 15 is 0 Å². The number of hydrogen-bond donors (Lipinski definition) is 2. The van der Waals surface area contributed by atoms with E-state index in [1.807, 2.05) is 24.3 Å². The lowest BCUT2D eigenvalue weighted by Crippen LogP contribution is -2.30. The quantitative estimate of drug-likeness (QED) is 0.689. The first-order chi connectivity index (χ1) is 9.92. The summed E-state index contributed by atoms with van der Waals surface area (Å²) < 4.78 is 27.0. The molecule has 1 fully saturated rings. The molecule has 2 rings (SSSR count). The van der Waals surface area contributed by atoms with E-state index in [4.69, 9.17) is 0 Å². The fourth-order valence-corrected chi connectivity index (χ4v) is 3.47. The van der Waals surface area contributed by atoms with Crippen LogP contribution in [0.2, 0.25) is 0 Å². The highest BCUT2D eigenvalue weighted by molar-refractivity contribution is 7.88. The Morgan fingerprint density at radius 2 is 1.95 bits per heavy atom. The van der Waals surface area contributed by atoms with Gasteiger partial charge in [0.15, 0.2) is 0 Å². The standard InChI is InChI=1S/C16H26N2O2S/c1-3-9-17-11-14-5-4-6-15(10-14)12-21(19,20)18-13-16(2)7-8-16/h4-6,10,17-18H,3,7-9,11-13H2,1-2H3. The van der Waals surface area contributed by atoms with Crippen molar-refractivity contribution in [2.75, 3.05) is 13.1 Å². The van der Waals surface area contributed by atoms with Crippen molar-refractivity contribution in [3.8, 4) is 0 Å². The maximum absolute atomic E-state index is 12.1. The van der Waals surface area contributed by atoms with Crippen LogP contribution in [0.15, 0.2) is 24.3 Å². The molecule has 2 N–H and O–H groups in total. The van der Waals surface area contributed by atoms with Gasteiger partial charge in [-0.25, -0.2) is 13.1 Å². The Labute approximate surface area is 128 Å². The largest absolute Gasteiger partial charge is 0.313 e. The average molecular weight is 310 g/mol. The molecule has 0 aliphatic heterocycles. The third kappa shape index (κ3) is 5.77. The van der Waals surface area contributed by atoms with Gasteiger partial charge in [-0.05, 0) is 42.3 Å². The van der Waals surface area contributed by atoms with Crippen molar-refractivity contribution in [2.45, 2.75) is 45.4 Å². The van der Waals surface area contributed by atoms with Crippen molar-refractivity contribution in [1.82, 2.24) is 10.0 Å². The van der Waals surface area contributed by atoms with Crippen molar-refractivity contribution in [3.05, 3.63) is 35.4 Å². The van der Waals surface area contributed by atoms with Crippen LogP contribution in [0.5, 0.6) is 0 Å². The highest BCUT2D eigenvalue weighted by atomic mass is 32.2. The number of sulfonamides is 1. The highest BCUT2D eigenvalue weighted by Crippen LogP contribution is 2.44. The zero-order chi connectivity index (χ0) is 15.3. The Hall–Kier alpha value is -0.910. The molecule has 1 aliphatic carbocycles. The molecule has 21 heavy (non-hydrogen) atoms. The minimum Gasteiger partial charge on any atom is -0.313 e. The van der Waals surface area contributed by atoms with E-state index in [1.165, 1.54) is 0 Å². The van der Waals surface area contributed by atoms with Crippen LogP contribution in [0.1, 0.15) is 44.2 Å². The van der Waals surface area contributed by atoms with Crippen LogP contribution in [0.3, 0.4) is 0 Å². The molecular weight excluding hydrogens is 284 g/mol. The third-order valence-electron chi connectivity index (χ3n) is 3.93. The maximum atomic E-state index is 12.1. The predicted octanol–water partition coefficient (Wildman–Crippen LogP) is 2.41. The minimum atomic E-state index is -3.24. The molecule has 4 nitrogen and oxygen atoms in total. The molecule has 1 aliphatic rings. The zero-order valence-electron chi connectivity index (χ0n) is 13.0. The Balaban J connectivity index is 1.90. The van der Waals surface area contributed by atoms with E-state index in [0.29, 0.717) is 6.54 Å². The second kappa shape index (κ2) is 6.90. The molecule has 1 saturated carbocycles. The number of rotatable bonds is 9. The SMILES string of the molecule is CCCNCc1cccc(CS(=O)(=O)NCC2(C)CC2)c1. The van der Waals surface area contributed by atoms with Gasteiger partial charge in [0.1, 0.15) is 0 Å². The lowest BCUT2D eigenvalue weighted by atomic mass is 10.1. The first-order valence-electron chi connectivity index (χ1n) is 7.68. The summed E-state index contributed by atoms with van der Waals surface area (Å²) in [6.45, 7) is 6.57. The number of hydrogen-bond acceptors (Lipinski definition) is 3. The van der Waals surface area contributed by atoms with E-state index < -0.39 is 10.0 Å². The van der Waals surface area contributed by atoms with Gasteiger partial charge in [0.2, 0.25) is 10.0 Å². The van der Waals surface area contributed by atoms with E-state index in [9.17, 15) is 8.42 Å². The maximum Gasteiger partial charge on any atom is 0.215 e. The van der Waals surface area contributed by atoms with Crippen LogP contribution < -0.4 is 10.0 Å². The van der Waals surface area contributed by atoms with Crippen LogP contribution in [0.25, 0.3) is 0 Å². The van der Waals surface area contributed by atoms with Gasteiger partial charge in [-0.2, -0.15) is 0 Å². The molecular formula is C16H26N2O2S. The van der Waals surface area contributed by atoms with E-state index in [2.05, 4.69) is 23.9 Å². The van der Waals surface area contributed by atoms with Crippen molar-refractivity contribution < 1.29 is 8.42 Å². The topological polar surface area (TPSA) is 58.2 Å². The summed E-state index contributed by atoms with van der Waals surface area (Å²) in [4.78, 5) is 0. The van der Waals surface area contributed by atoms with Crippen LogP contribution in [0, 0.1) is 5.41 Å². The number of nitrogens with one attached hydrogen (secondary N) is 2. The van der Waals surface area contributed by atoms with Gasteiger partial charge >= 0.3 is 0 Å². The molecule has 0 atom stereocenters. The summed E-state index contributed by atoms with van der Waals surface area (Å²) in [6, 6.07) is 7.80. The van der Waals surface area contributed by atoms with Gasteiger partial charge in [0, 0.05) is 13.1 Å². The monoisotopic (exact) mass is 310 g/mol. The molecule has 1 aromatic carbocycles. The summed E-state index contributed by atoms with van der Waals surface area (Å²) in [5.41, 5.74) is 2.17. The molecule has 5 heteroatoms. The minimum absolute atomic E-state index is 0.0602. The fourth-order valence-electron chi connectivity index (χ4n) is 2.18.